The maximum Gasteiger partial charge on any atom is 0.188 e. The summed E-state index contributed by atoms with van der Waals surface area (Å²) in [6.45, 7) is 15.9. The van der Waals surface area contributed by atoms with Gasteiger partial charge in [-0.2, -0.15) is 0 Å². The Hall–Kier alpha value is -9.41. The van der Waals surface area contributed by atoms with E-state index >= 15 is 0 Å². The van der Waals surface area contributed by atoms with Crippen molar-refractivity contribution >= 4 is 83.8 Å². The quantitative estimate of drug-likeness (QED) is 0.165. The van der Waals surface area contributed by atoms with E-state index in [1.54, 1.807) is 11.8 Å². The zero-order chi connectivity index (χ0) is 46.2. The predicted octanol–water partition coefficient (Wildman–Crippen LogP) is 16.2. The first-order chi connectivity index (χ1) is 34.6. The van der Waals surface area contributed by atoms with Gasteiger partial charge in [0.15, 0.2) is 22.9 Å². The average molecular weight is 912 g/mol. The van der Waals surface area contributed by atoms with E-state index in [9.17, 15) is 0 Å². The number of pyridine rings is 2. The van der Waals surface area contributed by atoms with Gasteiger partial charge in [0.2, 0.25) is 0 Å². The molecule has 324 valence electrons. The molecule has 0 bridgehead atoms. The molecule has 0 fully saturated rings. The fourth-order valence-electron chi connectivity index (χ4n) is 11.7. The Bertz CT molecular complexity index is 4210. The number of ether oxygens (including phenoxy) is 1. The van der Waals surface area contributed by atoms with Crippen LogP contribution in [0.15, 0.2) is 210 Å². The van der Waals surface area contributed by atoms with Crippen LogP contribution >= 0.6 is 11.8 Å². The Morgan fingerprint density at radius 3 is 1.76 bits per heavy atom. The van der Waals surface area contributed by atoms with E-state index in [1.165, 1.54) is 10.8 Å². The fraction of sp³-hybridized carbons (Fsp3) is 0.0164. The Morgan fingerprint density at radius 2 is 1.07 bits per heavy atom. The maximum absolute atomic E-state index is 7.97. The van der Waals surface area contributed by atoms with Crippen molar-refractivity contribution in [1.29, 1.82) is 0 Å². The van der Waals surface area contributed by atoms with E-state index in [-0.39, 0.29) is 0 Å². The van der Waals surface area contributed by atoms with Crippen LogP contribution in [-0.4, -0.2) is 19.1 Å². The van der Waals surface area contributed by atoms with Gasteiger partial charge in [-0.1, -0.05) is 103 Å². The lowest BCUT2D eigenvalue weighted by atomic mass is 9.67. The second-order valence-electron chi connectivity index (χ2n) is 17.9. The average Bonchev–Trinajstić information content (AvgIpc) is 4.04. The fourth-order valence-corrected chi connectivity index (χ4v) is 13.0. The first-order valence-corrected chi connectivity index (χ1v) is 23.8. The van der Waals surface area contributed by atoms with Crippen molar-refractivity contribution in [3.63, 3.8) is 0 Å². The van der Waals surface area contributed by atoms with Crippen LogP contribution in [0.1, 0.15) is 22.3 Å². The SMILES string of the molecule is [C-]#[N+]c1ccc2c(c1)c1cc([N+]#[C-])ccc1n2-c1cccc2c1C1(c3ccc(-n4c5ccccc5c5ccccc54)cc3S2)c2cccnc2-c2ncc(N3c4ccccc4Oc4ccccc43)cc21. The third-order valence-electron chi connectivity index (χ3n) is 14.4. The molecule has 0 radical (unpaired) electrons. The van der Waals surface area contributed by atoms with Crippen molar-refractivity contribution in [2.24, 2.45) is 0 Å². The minimum atomic E-state index is -0.936. The van der Waals surface area contributed by atoms with Crippen LogP contribution < -0.4 is 9.64 Å². The molecule has 0 N–H and O–H groups in total. The van der Waals surface area contributed by atoms with Gasteiger partial charge in [-0.3, -0.25) is 9.97 Å². The normalized spacial score (nSPS) is 14.9. The van der Waals surface area contributed by atoms with Gasteiger partial charge in [-0.25, -0.2) is 9.69 Å². The zero-order valence-corrected chi connectivity index (χ0v) is 37.8. The smallest absolute Gasteiger partial charge is 0.188 e. The molecule has 0 saturated carbocycles. The summed E-state index contributed by atoms with van der Waals surface area (Å²) in [4.78, 5) is 22.8. The predicted molar refractivity (Wildman–Crippen MR) is 279 cm³/mol. The van der Waals surface area contributed by atoms with Gasteiger partial charge < -0.3 is 18.8 Å². The number of benzene rings is 8. The number of aromatic nitrogens is 4. The molecule has 2 aliphatic heterocycles. The monoisotopic (exact) mass is 911 g/mol. The van der Waals surface area contributed by atoms with Crippen LogP contribution in [-0.2, 0) is 5.41 Å². The molecule has 1 unspecified atom stereocenters. The molecular weight excluding hydrogens is 879 g/mol. The molecule has 15 rings (SSSR count). The second-order valence-corrected chi connectivity index (χ2v) is 19.0. The third-order valence-corrected chi connectivity index (χ3v) is 15.6. The molecule has 4 aromatic heterocycles. The molecule has 1 atom stereocenters. The van der Waals surface area contributed by atoms with E-state index < -0.39 is 5.41 Å². The molecule has 0 amide bonds. The topological polar surface area (TPSA) is 56.8 Å². The Balaban J connectivity index is 1.07. The lowest BCUT2D eigenvalue weighted by Gasteiger charge is -2.41. The van der Waals surface area contributed by atoms with Crippen LogP contribution in [0.4, 0.5) is 28.4 Å². The summed E-state index contributed by atoms with van der Waals surface area (Å²) in [6, 6.07) is 65.7. The van der Waals surface area contributed by atoms with Gasteiger partial charge in [-0.05, 0) is 119 Å². The van der Waals surface area contributed by atoms with Crippen molar-refractivity contribution in [2.75, 3.05) is 4.90 Å². The molecule has 12 aromatic rings. The number of anilines is 3. The largest absolute Gasteiger partial charge is 0.453 e. The van der Waals surface area contributed by atoms with E-state index in [0.717, 1.165) is 116 Å². The lowest BCUT2D eigenvalue weighted by molar-refractivity contribution is 0.477. The van der Waals surface area contributed by atoms with E-state index in [2.05, 4.69) is 151 Å². The van der Waals surface area contributed by atoms with E-state index in [1.807, 2.05) is 73.1 Å². The summed E-state index contributed by atoms with van der Waals surface area (Å²) >= 11 is 1.79. The van der Waals surface area contributed by atoms with E-state index in [4.69, 9.17) is 27.8 Å². The van der Waals surface area contributed by atoms with Gasteiger partial charge in [0.1, 0.15) is 0 Å². The number of nitrogens with zero attached hydrogens (tertiary/aromatic N) is 7. The summed E-state index contributed by atoms with van der Waals surface area (Å²) in [6.07, 6.45) is 3.85. The summed E-state index contributed by atoms with van der Waals surface area (Å²) in [5, 5.41) is 4.26. The second kappa shape index (κ2) is 14.3. The molecule has 6 heterocycles. The van der Waals surface area contributed by atoms with Crippen molar-refractivity contribution < 1.29 is 4.74 Å². The van der Waals surface area contributed by atoms with Gasteiger partial charge in [0.25, 0.3) is 0 Å². The summed E-state index contributed by atoms with van der Waals surface area (Å²) in [5.41, 5.74) is 15.1. The van der Waals surface area contributed by atoms with Crippen LogP contribution in [0.25, 0.3) is 76.1 Å². The highest BCUT2D eigenvalue weighted by molar-refractivity contribution is 7.99. The van der Waals surface area contributed by atoms with Crippen molar-refractivity contribution in [2.45, 2.75) is 15.2 Å². The molecule has 8 nitrogen and oxygen atoms in total. The first kappa shape index (κ1) is 38.7. The zero-order valence-electron chi connectivity index (χ0n) is 37.0. The molecule has 8 aromatic carbocycles. The standard InChI is InChI=1S/C61H33N7OS/c1-62-36-24-28-49-42(31-36)43-32-37(63-2)25-29-50(43)68(49)53-20-11-23-56-58(53)61(44-27-26-38(34-57(44)70-56)66-47-16-5-3-13-40(47)41-14-4-6-17-48(41)66)45-15-12-30-64-59(45)60-46(61)33-39(35-65-60)67-51-18-7-9-21-54(51)69-55-22-10-8-19-52(55)67/h3-35H. The van der Waals surface area contributed by atoms with Crippen LogP contribution in [0.2, 0.25) is 0 Å². The Labute approximate surface area is 405 Å². The van der Waals surface area contributed by atoms with Crippen LogP contribution in [0.5, 0.6) is 11.5 Å². The molecule has 70 heavy (non-hydrogen) atoms. The summed E-state index contributed by atoms with van der Waals surface area (Å²) in [5.74, 6) is 1.53. The molecule has 9 heteroatoms. The van der Waals surface area contributed by atoms with E-state index in [0.29, 0.717) is 11.4 Å². The maximum atomic E-state index is 7.97. The molecule has 0 saturated heterocycles. The van der Waals surface area contributed by atoms with Crippen molar-refractivity contribution in [3.8, 4) is 34.3 Å². The number of para-hydroxylation sites is 6. The minimum Gasteiger partial charge on any atom is -0.453 e. The minimum absolute atomic E-state index is 0.546. The van der Waals surface area contributed by atoms with Gasteiger partial charge in [0, 0.05) is 43.6 Å². The molecular formula is C61H33N7OS. The number of hydrogen-bond acceptors (Lipinski definition) is 5. The Kier molecular flexibility index (Phi) is 7.90. The molecule has 1 aliphatic carbocycles. The van der Waals surface area contributed by atoms with Crippen molar-refractivity contribution in [3.05, 3.63) is 246 Å². The third kappa shape index (κ3) is 5.08. The van der Waals surface area contributed by atoms with Crippen LogP contribution in [0, 0.1) is 13.1 Å². The highest BCUT2D eigenvalue weighted by Crippen LogP contribution is 2.64. The highest BCUT2D eigenvalue weighted by atomic mass is 32.2. The molecule has 1 spiro atoms. The van der Waals surface area contributed by atoms with Gasteiger partial charge in [0.05, 0.1) is 81.0 Å². The summed E-state index contributed by atoms with van der Waals surface area (Å²) in [7, 11) is 0. The highest BCUT2D eigenvalue weighted by Gasteiger charge is 2.53. The number of rotatable bonds is 3. The number of fused-ring (bicyclic) bond motifs is 17. The van der Waals surface area contributed by atoms with Gasteiger partial charge >= 0.3 is 0 Å². The Morgan fingerprint density at radius 1 is 0.457 bits per heavy atom. The molecule has 3 aliphatic rings. The lowest BCUT2D eigenvalue weighted by Crippen LogP contribution is -2.34. The number of hydrogen-bond donors (Lipinski definition) is 0. The van der Waals surface area contributed by atoms with Gasteiger partial charge in [-0.15, -0.1) is 0 Å². The summed E-state index contributed by atoms with van der Waals surface area (Å²) < 4.78 is 11.2. The first-order valence-electron chi connectivity index (χ1n) is 23.0. The van der Waals surface area contributed by atoms with Crippen molar-refractivity contribution in [1.82, 2.24) is 19.1 Å². The van der Waals surface area contributed by atoms with Crippen LogP contribution in [0.3, 0.4) is 0 Å².